The number of fused-ring (bicyclic) bond motifs is 3. The van der Waals surface area contributed by atoms with Gasteiger partial charge in [0.15, 0.2) is 56.5 Å². The van der Waals surface area contributed by atoms with Crippen LogP contribution >= 0.6 is 11.6 Å². The lowest BCUT2D eigenvalue weighted by Crippen LogP contribution is -2.45. The summed E-state index contributed by atoms with van der Waals surface area (Å²) in [6.45, 7) is 9.90. The van der Waals surface area contributed by atoms with E-state index in [-0.39, 0.29) is 126 Å². The number of ether oxygens (including phenoxy) is 7. The Bertz CT molecular complexity index is 4140. The largest absolute Gasteiger partial charge is 0.461 e. The molecule has 6 aromatic rings. The number of esters is 4. The van der Waals surface area contributed by atoms with Crippen LogP contribution in [0.15, 0.2) is 19.0 Å². The normalized spacial score (nSPS) is 20.1. The first-order valence-electron chi connectivity index (χ1n) is 45.5. The third-order valence-electron chi connectivity index (χ3n) is 22.6. The maximum absolute atomic E-state index is 14.0. The Morgan fingerprint density at radius 1 is 0.411 bits per heavy atom. The van der Waals surface area contributed by atoms with Crippen molar-refractivity contribution < 1.29 is 80.5 Å². The second-order valence-corrected chi connectivity index (χ2v) is 33.0. The molecule has 33 heteroatoms. The zero-order chi connectivity index (χ0) is 90.1. The average molecular weight is 1760 g/mol. The smallest absolute Gasteiger partial charge is 0.312 e. The highest BCUT2D eigenvalue weighted by atomic mass is 35.5. The monoisotopic (exact) mass is 1760 g/mol. The zero-order valence-electron chi connectivity index (χ0n) is 73.9. The molecule has 0 radical (unpaired) electrons. The van der Waals surface area contributed by atoms with Gasteiger partial charge in [0.05, 0.1) is 25.6 Å². The van der Waals surface area contributed by atoms with Crippen molar-refractivity contribution in [2.45, 2.75) is 397 Å². The number of nitrogen functional groups attached to an aromatic ring is 3. The van der Waals surface area contributed by atoms with E-state index in [2.05, 4.69) is 97.2 Å². The van der Waals surface area contributed by atoms with Crippen LogP contribution in [0.1, 0.15) is 362 Å². The Labute approximate surface area is 735 Å². The summed E-state index contributed by atoms with van der Waals surface area (Å²) in [6.07, 6.45) is 60.5. The SMILES string of the molecule is C#C[C@]1(CO)O[C@@H](n2cnc3c(N)nc(F)nc32)C[C@@H]1O.C#C[C@]1(COC(=O)CCCCCCCCCC)O[C@@H](n2cnc3c(N)nc(F)nc32)C[C@@H]1OC(=O)CCCCCCCCCC.C#C[C@]1(COC(=O)CCCCCCCCCC)O[C@@H](n2cnc3c(N)nc(F)nc32)C[C@@H]1OC(=O)CCCCCCCCCC.CCCCCCCCCCC(=O)Cl. The Morgan fingerprint density at radius 2 is 0.661 bits per heavy atom. The van der Waals surface area contributed by atoms with Crippen LogP contribution in [0.25, 0.3) is 33.5 Å². The number of imidazole rings is 3. The molecule has 3 fully saturated rings. The number of anilines is 3. The summed E-state index contributed by atoms with van der Waals surface area (Å²) < 4.78 is 86.9. The van der Waals surface area contributed by atoms with Gasteiger partial charge in [-0.25, -0.2) is 15.0 Å². The molecule has 0 bridgehead atoms. The number of unbranched alkanes of at least 4 members (excludes halogenated alkanes) is 35. The fraction of sp³-hybridized carbons (Fsp3) is 0.714. The van der Waals surface area contributed by atoms with Gasteiger partial charge in [0.2, 0.25) is 16.4 Å². The van der Waals surface area contributed by atoms with E-state index in [9.17, 15) is 47.4 Å². The topological polar surface area (TPSA) is 399 Å². The molecular weight excluding hydrogens is 1620 g/mol. The van der Waals surface area contributed by atoms with Gasteiger partial charge in [-0.2, -0.15) is 43.1 Å². The molecule has 124 heavy (non-hydrogen) atoms. The molecule has 9 rings (SSSR count). The first-order valence-corrected chi connectivity index (χ1v) is 45.9. The summed E-state index contributed by atoms with van der Waals surface area (Å²) in [7, 11) is 0. The molecule has 8 N–H and O–H groups in total. The Balaban J connectivity index is 0.000000280. The van der Waals surface area contributed by atoms with Crippen molar-refractivity contribution in [2.75, 3.05) is 37.0 Å². The van der Waals surface area contributed by atoms with Gasteiger partial charge >= 0.3 is 42.1 Å². The number of hydrogen-bond acceptors (Lipinski definition) is 26. The van der Waals surface area contributed by atoms with E-state index in [0.29, 0.717) is 19.3 Å². The van der Waals surface area contributed by atoms with Crippen LogP contribution in [0, 0.1) is 55.3 Å². The minimum absolute atomic E-state index is 0.0971. The molecule has 0 unspecified atom stereocenters. The molecular formula is C91H137ClF3N15O14. The summed E-state index contributed by atoms with van der Waals surface area (Å²) in [5.41, 5.74) is 13.7. The van der Waals surface area contributed by atoms with Gasteiger partial charge in [0.1, 0.15) is 50.2 Å². The molecule has 3 aliphatic heterocycles. The molecule has 688 valence electrons. The summed E-state index contributed by atoms with van der Waals surface area (Å²) in [5.74, 6) is 5.59. The lowest BCUT2D eigenvalue weighted by atomic mass is 9.98. The van der Waals surface area contributed by atoms with Gasteiger partial charge in [-0.3, -0.25) is 37.7 Å². The van der Waals surface area contributed by atoms with E-state index in [0.717, 1.165) is 89.9 Å². The number of terminal acetylenes is 3. The minimum atomic E-state index is -1.54. The lowest BCUT2D eigenvalue weighted by molar-refractivity contribution is -0.168. The molecule has 0 aliphatic carbocycles. The molecule has 3 aliphatic rings. The van der Waals surface area contributed by atoms with Crippen LogP contribution in [-0.2, 0) is 57.1 Å². The van der Waals surface area contributed by atoms with Crippen molar-refractivity contribution in [3.8, 4) is 37.0 Å². The van der Waals surface area contributed by atoms with Gasteiger partial charge in [-0.1, -0.05) is 277 Å². The van der Waals surface area contributed by atoms with E-state index in [1.807, 2.05) is 0 Å². The number of nitrogens with two attached hydrogens (primary N) is 3. The first kappa shape index (κ1) is 104. The van der Waals surface area contributed by atoms with Gasteiger partial charge < -0.3 is 60.6 Å². The molecule has 9 heterocycles. The quantitative estimate of drug-likeness (QED) is 0.00591. The molecule has 0 aromatic carbocycles. The molecule has 0 saturated carbocycles. The number of aromatic nitrogens is 12. The summed E-state index contributed by atoms with van der Waals surface area (Å²) in [6, 6.07) is 0. The number of nitrogens with zero attached hydrogens (tertiary/aromatic N) is 12. The first-order chi connectivity index (χ1) is 59.9. The van der Waals surface area contributed by atoms with E-state index in [4.69, 9.17) is 81.2 Å². The third kappa shape index (κ3) is 33.8. The second-order valence-electron chi connectivity index (χ2n) is 32.6. The maximum atomic E-state index is 14.0. The van der Waals surface area contributed by atoms with Crippen LogP contribution in [0.5, 0.6) is 0 Å². The van der Waals surface area contributed by atoms with E-state index in [1.54, 1.807) is 0 Å². The maximum Gasteiger partial charge on any atom is 0.312 e. The summed E-state index contributed by atoms with van der Waals surface area (Å²) in [5, 5.41) is 19.2. The number of carbonyl (C=O) groups is 5. The lowest BCUT2D eigenvalue weighted by Gasteiger charge is -2.28. The van der Waals surface area contributed by atoms with Crippen LogP contribution in [0.2, 0.25) is 0 Å². The third-order valence-corrected chi connectivity index (χ3v) is 22.8. The van der Waals surface area contributed by atoms with Crippen molar-refractivity contribution in [3.63, 3.8) is 0 Å². The minimum Gasteiger partial charge on any atom is -0.461 e. The zero-order valence-corrected chi connectivity index (χ0v) is 74.7. The average Bonchev–Trinajstić information content (AvgIpc) is 1.61. The van der Waals surface area contributed by atoms with E-state index in [1.165, 1.54) is 187 Å². The van der Waals surface area contributed by atoms with Crippen LogP contribution in [0.3, 0.4) is 0 Å². The van der Waals surface area contributed by atoms with Crippen molar-refractivity contribution in [2.24, 2.45) is 0 Å². The number of aliphatic hydroxyl groups excluding tert-OH is 2. The Hall–Kier alpha value is -8.84. The molecule has 9 atom stereocenters. The fourth-order valence-corrected chi connectivity index (χ4v) is 15.4. The van der Waals surface area contributed by atoms with Crippen molar-refractivity contribution in [1.82, 2.24) is 58.6 Å². The number of rotatable bonds is 55. The van der Waals surface area contributed by atoms with E-state index < -0.39 is 90.6 Å². The Kier molecular flexibility index (Phi) is 47.8. The highest BCUT2D eigenvalue weighted by Crippen LogP contribution is 2.43. The van der Waals surface area contributed by atoms with Crippen LogP contribution in [-0.4, -0.2) is 153 Å². The molecule has 3 saturated heterocycles. The molecule has 29 nitrogen and oxygen atoms in total. The standard InChI is InChI=1S/2C34H52FN5O5.C12H12FN5O3.C11H21ClO/c2*1-4-7-9-11-13-15-17-19-21-28(41)43-24-34(6-3)26(44-29(42)22-20-18-16-14-12-10-8-5-2)23-27(45-34)40-25-37-30-31(36)38-33(35)39-32(30)40;1-2-12(4-19)6(20)3-7(21-12)18-5-15-8-9(14)16-11(13)17-10(8)18;1-2-3-4-5-6-7-8-9-10-11(12)13/h2*3,25-27H,4-5,7-24H2,1-2H3,(H2,36,38,39);1,5-7,19-20H,3-4H2,(H2,14,16,17);2-10H2,1H3/t2*26-,27+,34+;6-,7+,12+;/m000./s1. The summed E-state index contributed by atoms with van der Waals surface area (Å²) in [4.78, 5) is 95.8. The number of hydrogen-bond donors (Lipinski definition) is 5. The predicted molar refractivity (Wildman–Crippen MR) is 470 cm³/mol. The number of aliphatic hydroxyl groups is 2. The predicted octanol–water partition coefficient (Wildman–Crippen LogP) is 18.2. The van der Waals surface area contributed by atoms with Gasteiger partial charge in [0.25, 0.3) is 0 Å². The van der Waals surface area contributed by atoms with Gasteiger partial charge in [-0.15, -0.1) is 19.3 Å². The Morgan fingerprint density at radius 3 is 0.919 bits per heavy atom. The van der Waals surface area contributed by atoms with Crippen LogP contribution in [0.4, 0.5) is 30.6 Å². The molecule has 0 amide bonds. The second kappa shape index (κ2) is 57.0. The van der Waals surface area contributed by atoms with Crippen LogP contribution < -0.4 is 17.2 Å². The van der Waals surface area contributed by atoms with Gasteiger partial charge in [-0.05, 0) is 43.7 Å². The fourth-order valence-electron chi connectivity index (χ4n) is 15.3. The number of carbonyl (C=O) groups excluding carboxylic acids is 5. The molecule has 0 spiro atoms. The highest BCUT2D eigenvalue weighted by Gasteiger charge is 2.54. The van der Waals surface area contributed by atoms with Gasteiger partial charge in [0, 0.05) is 51.4 Å². The summed E-state index contributed by atoms with van der Waals surface area (Å²) >= 11 is 5.22. The van der Waals surface area contributed by atoms with E-state index >= 15 is 0 Å². The van der Waals surface area contributed by atoms with Crippen molar-refractivity contribution >= 4 is 91.7 Å². The highest BCUT2D eigenvalue weighted by molar-refractivity contribution is 6.63. The van der Waals surface area contributed by atoms with Crippen molar-refractivity contribution in [1.29, 1.82) is 0 Å². The van der Waals surface area contributed by atoms with Crippen molar-refractivity contribution in [3.05, 3.63) is 37.2 Å². The number of halogens is 4. The molecule has 6 aromatic heterocycles.